The number of pyridine rings is 1. The van der Waals surface area contributed by atoms with Crippen LogP contribution in [0.5, 0.6) is 0 Å². The minimum atomic E-state index is -0.318. The fourth-order valence-corrected chi connectivity index (χ4v) is 0.823. The van der Waals surface area contributed by atoms with Crippen LogP contribution in [-0.2, 0) is 0 Å². The second-order valence-electron chi connectivity index (χ2n) is 1.49. The summed E-state index contributed by atoms with van der Waals surface area (Å²) in [5.74, 6) is 0. The van der Waals surface area contributed by atoms with Crippen LogP contribution in [0.25, 0.3) is 0 Å². The van der Waals surface area contributed by atoms with Crippen LogP contribution in [0.1, 0.15) is 1.43 Å². The van der Waals surface area contributed by atoms with E-state index >= 15 is 0 Å². The van der Waals surface area contributed by atoms with E-state index in [4.69, 9.17) is 23.2 Å². The molecule has 2 nitrogen and oxygen atoms in total. The molecule has 1 aromatic heterocycles. The van der Waals surface area contributed by atoms with Crippen LogP contribution >= 0.6 is 23.2 Å². The minimum absolute atomic E-state index is 0. The zero-order chi connectivity index (χ0) is 6.85. The fourth-order valence-electron chi connectivity index (χ4n) is 0.432. The van der Waals surface area contributed by atoms with Crippen molar-refractivity contribution in [2.45, 2.75) is 0 Å². The molecule has 0 spiro atoms. The first-order valence-electron chi connectivity index (χ1n) is 2.24. The van der Waals surface area contributed by atoms with Gasteiger partial charge in [-0.15, -0.1) is 0 Å². The van der Waals surface area contributed by atoms with Crippen molar-refractivity contribution in [2.75, 3.05) is 0 Å². The Bertz CT molecular complexity index is 277. The maximum atomic E-state index is 10.5. The molecule has 0 amide bonds. The molecule has 0 bridgehead atoms. The van der Waals surface area contributed by atoms with E-state index in [-0.39, 0.29) is 41.6 Å². The topological polar surface area (TPSA) is 32.9 Å². The summed E-state index contributed by atoms with van der Waals surface area (Å²) in [6, 6.07) is 1.39. The maximum absolute atomic E-state index is 10.5. The fraction of sp³-hybridized carbons (Fsp3) is 0. The Hall–Kier alpha value is 0.530. The molecule has 0 aliphatic heterocycles. The normalized spacial score (nSPS) is 8.60. The van der Waals surface area contributed by atoms with Crippen LogP contribution in [0.15, 0.2) is 17.1 Å². The predicted octanol–water partition coefficient (Wildman–Crippen LogP) is -1.20. The van der Waals surface area contributed by atoms with Crippen molar-refractivity contribution < 1.29 is 31.0 Å². The molecular weight excluding hydrogens is 184 g/mol. The number of aromatic amines is 1. The summed E-state index contributed by atoms with van der Waals surface area (Å²) in [5.41, 5.74) is -0.318. The van der Waals surface area contributed by atoms with Crippen LogP contribution in [0.3, 0.4) is 0 Å². The van der Waals surface area contributed by atoms with Crippen LogP contribution in [0.2, 0.25) is 10.0 Å². The summed E-state index contributed by atoms with van der Waals surface area (Å²) in [6.07, 6.45) is 1.38. The first-order valence-corrected chi connectivity index (χ1v) is 2.99. The van der Waals surface area contributed by atoms with Crippen molar-refractivity contribution in [3.63, 3.8) is 0 Å². The molecule has 5 heteroatoms. The number of rotatable bonds is 0. The average Bonchev–Trinajstić information content (AvgIpc) is 1.80. The van der Waals surface area contributed by atoms with E-state index in [2.05, 4.69) is 4.98 Å². The van der Waals surface area contributed by atoms with E-state index in [0.717, 1.165) is 0 Å². The van der Waals surface area contributed by atoms with Gasteiger partial charge in [-0.3, -0.25) is 4.79 Å². The third-order valence-electron chi connectivity index (χ3n) is 0.823. The van der Waals surface area contributed by atoms with Gasteiger partial charge in [0.25, 0.3) is 5.56 Å². The molecule has 50 valence electrons. The Morgan fingerprint density at radius 3 is 2.50 bits per heavy atom. The molecule has 0 saturated heterocycles. The number of aromatic nitrogens is 1. The van der Waals surface area contributed by atoms with Crippen molar-refractivity contribution in [3.05, 3.63) is 32.7 Å². The van der Waals surface area contributed by atoms with Gasteiger partial charge in [0.05, 0.1) is 5.02 Å². The molecule has 1 heterocycles. The monoisotopic (exact) mass is 187 g/mol. The van der Waals surface area contributed by atoms with E-state index in [1.807, 2.05) is 0 Å². The SMILES string of the molecule is O=c1[nH]cc(Cl)cc1Cl.[H-].[Na+]. The second kappa shape index (κ2) is 4.42. The third-order valence-corrected chi connectivity index (χ3v) is 1.32. The molecule has 0 aliphatic carbocycles. The van der Waals surface area contributed by atoms with Gasteiger partial charge < -0.3 is 6.41 Å². The van der Waals surface area contributed by atoms with Crippen LogP contribution in [-0.4, -0.2) is 4.98 Å². The summed E-state index contributed by atoms with van der Waals surface area (Å²) in [5, 5.41) is 0.544. The molecule has 0 unspecified atom stereocenters. The van der Waals surface area contributed by atoms with E-state index in [1.165, 1.54) is 12.3 Å². The smallest absolute Gasteiger partial charge is 1.00 e. The quantitative estimate of drug-likeness (QED) is 0.509. The van der Waals surface area contributed by atoms with E-state index in [9.17, 15) is 4.79 Å². The maximum Gasteiger partial charge on any atom is 1.00 e. The van der Waals surface area contributed by atoms with Gasteiger partial charge in [-0.2, -0.15) is 0 Å². The summed E-state index contributed by atoms with van der Waals surface area (Å²) >= 11 is 10.8. The molecule has 10 heavy (non-hydrogen) atoms. The molecule has 1 N–H and O–H groups in total. The molecule has 0 radical (unpaired) electrons. The molecule has 1 rings (SSSR count). The van der Waals surface area contributed by atoms with Gasteiger partial charge in [-0.25, -0.2) is 0 Å². The molecule has 0 aliphatic rings. The van der Waals surface area contributed by atoms with Crippen molar-refractivity contribution in [2.24, 2.45) is 0 Å². The van der Waals surface area contributed by atoms with Gasteiger partial charge in [0.2, 0.25) is 0 Å². The molecule has 1 aromatic rings. The summed E-state index contributed by atoms with van der Waals surface area (Å²) in [6.45, 7) is 0. The van der Waals surface area contributed by atoms with Crippen LogP contribution in [0.4, 0.5) is 0 Å². The number of H-pyrrole nitrogens is 1. The van der Waals surface area contributed by atoms with Gasteiger partial charge in [-0.1, -0.05) is 23.2 Å². The number of hydrogen-bond acceptors (Lipinski definition) is 1. The van der Waals surface area contributed by atoms with Crippen molar-refractivity contribution in [1.82, 2.24) is 4.98 Å². The van der Waals surface area contributed by atoms with Gasteiger partial charge in [-0.05, 0) is 6.07 Å². The Balaban J connectivity index is 0. The third kappa shape index (κ3) is 2.64. The number of halogens is 2. The van der Waals surface area contributed by atoms with Crippen LogP contribution in [0, 0.1) is 0 Å². The second-order valence-corrected chi connectivity index (χ2v) is 2.34. The molecule has 0 saturated carbocycles. The van der Waals surface area contributed by atoms with Crippen molar-refractivity contribution >= 4 is 23.2 Å². The molecule has 0 fully saturated rings. The minimum Gasteiger partial charge on any atom is -1.00 e. The molecule has 0 atom stereocenters. The van der Waals surface area contributed by atoms with Gasteiger partial charge in [0, 0.05) is 6.20 Å². The predicted molar refractivity (Wildman–Crippen MR) is 38.2 cm³/mol. The average molecular weight is 188 g/mol. The molecular formula is C5H4Cl2NNaO. The van der Waals surface area contributed by atoms with E-state index in [0.29, 0.717) is 5.02 Å². The standard InChI is InChI=1S/C5H3Cl2NO.Na.H/c6-3-1-4(7)5(9)8-2-3;;/h1-2H,(H,8,9);;/q;+1;-1. The van der Waals surface area contributed by atoms with E-state index in [1.54, 1.807) is 0 Å². The summed E-state index contributed by atoms with van der Waals surface area (Å²) in [4.78, 5) is 12.9. The van der Waals surface area contributed by atoms with Crippen LogP contribution < -0.4 is 35.1 Å². The Morgan fingerprint density at radius 1 is 1.50 bits per heavy atom. The van der Waals surface area contributed by atoms with E-state index < -0.39 is 0 Å². The largest absolute Gasteiger partial charge is 1.00 e. The van der Waals surface area contributed by atoms with Gasteiger partial charge in [0.15, 0.2) is 0 Å². The summed E-state index contributed by atoms with van der Waals surface area (Å²) in [7, 11) is 0. The number of nitrogens with one attached hydrogen (secondary N) is 1. The first-order chi connectivity index (χ1) is 4.20. The van der Waals surface area contributed by atoms with Crippen molar-refractivity contribution in [1.29, 1.82) is 0 Å². The zero-order valence-corrected chi connectivity index (χ0v) is 8.83. The number of hydrogen-bond donors (Lipinski definition) is 1. The first kappa shape index (κ1) is 10.5. The van der Waals surface area contributed by atoms with Gasteiger partial charge in [0.1, 0.15) is 5.02 Å². The zero-order valence-electron chi connectivity index (χ0n) is 6.32. The Kier molecular flexibility index (Phi) is 4.65. The van der Waals surface area contributed by atoms with Gasteiger partial charge >= 0.3 is 29.6 Å². The Labute approximate surface area is 91.3 Å². The Morgan fingerprint density at radius 2 is 2.10 bits per heavy atom. The van der Waals surface area contributed by atoms with Crippen molar-refractivity contribution in [3.8, 4) is 0 Å². The molecule has 0 aromatic carbocycles. The summed E-state index contributed by atoms with van der Waals surface area (Å²) < 4.78 is 0.